The molecule has 0 heterocycles. The molecular formula is C12H18BrNO2. The summed E-state index contributed by atoms with van der Waals surface area (Å²) in [6.45, 7) is 4.70. The smallest absolute Gasteiger partial charge is 0.0692 e. The molecule has 0 unspecified atom stereocenters. The highest BCUT2D eigenvalue weighted by molar-refractivity contribution is 9.10. The van der Waals surface area contributed by atoms with E-state index >= 15 is 0 Å². The number of halogens is 1. The minimum absolute atomic E-state index is 0.0606. The Balaban J connectivity index is 2.80. The number of rotatable bonds is 6. The van der Waals surface area contributed by atoms with Crippen molar-refractivity contribution in [3.05, 3.63) is 28.2 Å². The maximum absolute atomic E-state index is 9.08. The summed E-state index contributed by atoms with van der Waals surface area (Å²) in [5.74, 6) is 0. The number of aliphatic hydroxyl groups is 1. The molecule has 0 saturated heterocycles. The number of likely N-dealkylation sites (N-methyl/N-ethyl adjacent to an activating group) is 1. The fourth-order valence-electron chi connectivity index (χ4n) is 1.53. The van der Waals surface area contributed by atoms with E-state index in [2.05, 4.69) is 27.8 Å². The quantitative estimate of drug-likeness (QED) is 0.872. The van der Waals surface area contributed by atoms with E-state index in [0.717, 1.165) is 28.8 Å². The van der Waals surface area contributed by atoms with Gasteiger partial charge in [0.15, 0.2) is 0 Å². The van der Waals surface area contributed by atoms with Crippen molar-refractivity contribution in [2.45, 2.75) is 13.5 Å². The van der Waals surface area contributed by atoms with Crippen LogP contribution in [0.1, 0.15) is 12.5 Å². The highest BCUT2D eigenvalue weighted by atomic mass is 79.9. The van der Waals surface area contributed by atoms with Gasteiger partial charge >= 0.3 is 0 Å². The van der Waals surface area contributed by atoms with Crippen LogP contribution < -0.4 is 4.90 Å². The van der Waals surface area contributed by atoms with Crippen LogP contribution in [-0.4, -0.2) is 31.9 Å². The third-order valence-corrected chi connectivity index (χ3v) is 3.26. The van der Waals surface area contributed by atoms with Crippen LogP contribution in [0.5, 0.6) is 0 Å². The molecule has 0 radical (unpaired) electrons. The van der Waals surface area contributed by atoms with Crippen molar-refractivity contribution in [1.82, 2.24) is 0 Å². The molecule has 0 spiro atoms. The predicted molar refractivity (Wildman–Crippen MR) is 69.8 cm³/mol. The topological polar surface area (TPSA) is 32.7 Å². The molecule has 0 fully saturated rings. The van der Waals surface area contributed by atoms with E-state index in [-0.39, 0.29) is 6.61 Å². The lowest BCUT2D eigenvalue weighted by Gasteiger charge is -2.23. The van der Waals surface area contributed by atoms with Gasteiger partial charge in [-0.15, -0.1) is 0 Å². The molecule has 0 atom stereocenters. The first-order valence-electron chi connectivity index (χ1n) is 5.36. The lowest BCUT2D eigenvalue weighted by molar-refractivity contribution is 0.205. The lowest BCUT2D eigenvalue weighted by atomic mass is 10.2. The van der Waals surface area contributed by atoms with Gasteiger partial charge in [0.25, 0.3) is 0 Å². The minimum atomic E-state index is 0.0606. The first kappa shape index (κ1) is 13.5. The fourth-order valence-corrected chi connectivity index (χ4v) is 2.02. The van der Waals surface area contributed by atoms with Crippen LogP contribution in [0.15, 0.2) is 22.7 Å². The average molecular weight is 288 g/mol. The number of methoxy groups -OCH3 is 1. The van der Waals surface area contributed by atoms with Crippen LogP contribution in [0.3, 0.4) is 0 Å². The fraction of sp³-hybridized carbons (Fsp3) is 0.500. The Morgan fingerprint density at radius 2 is 2.19 bits per heavy atom. The number of ether oxygens (including phenoxy) is 1. The molecule has 1 rings (SSSR count). The zero-order chi connectivity index (χ0) is 12.0. The van der Waals surface area contributed by atoms with Crippen molar-refractivity contribution >= 4 is 21.6 Å². The molecule has 0 bridgehead atoms. The molecule has 0 aliphatic rings. The van der Waals surface area contributed by atoms with Gasteiger partial charge in [0.05, 0.1) is 13.2 Å². The van der Waals surface area contributed by atoms with E-state index in [0.29, 0.717) is 6.61 Å². The highest BCUT2D eigenvalue weighted by Gasteiger charge is 2.06. The van der Waals surface area contributed by atoms with Crippen LogP contribution in [-0.2, 0) is 11.3 Å². The van der Waals surface area contributed by atoms with Crippen LogP contribution >= 0.6 is 15.9 Å². The molecule has 0 aliphatic carbocycles. The second-order valence-corrected chi connectivity index (χ2v) is 4.36. The summed E-state index contributed by atoms with van der Waals surface area (Å²) in [4.78, 5) is 2.23. The van der Waals surface area contributed by atoms with Gasteiger partial charge < -0.3 is 14.7 Å². The maximum atomic E-state index is 9.08. The molecule has 0 aliphatic heterocycles. The SMILES string of the molecule is CCN(CCOC)c1ccc(CO)c(Br)c1. The number of hydrogen-bond acceptors (Lipinski definition) is 3. The third-order valence-electron chi connectivity index (χ3n) is 2.52. The molecule has 1 aromatic carbocycles. The first-order valence-corrected chi connectivity index (χ1v) is 6.15. The molecule has 1 aromatic rings. The standard InChI is InChI=1S/C12H18BrNO2/c1-3-14(6-7-16-2)11-5-4-10(9-15)12(13)8-11/h4-5,8,15H,3,6-7,9H2,1-2H3. The van der Waals surface area contributed by atoms with Gasteiger partial charge in [0, 0.05) is 30.4 Å². The summed E-state index contributed by atoms with van der Waals surface area (Å²) >= 11 is 3.46. The van der Waals surface area contributed by atoms with Crippen LogP contribution in [0, 0.1) is 0 Å². The summed E-state index contributed by atoms with van der Waals surface area (Å²) in [7, 11) is 1.71. The molecule has 0 saturated carbocycles. The second-order valence-electron chi connectivity index (χ2n) is 3.51. The number of aliphatic hydroxyl groups excluding tert-OH is 1. The van der Waals surface area contributed by atoms with Crippen molar-refractivity contribution in [3.8, 4) is 0 Å². The molecule has 16 heavy (non-hydrogen) atoms. The molecular weight excluding hydrogens is 270 g/mol. The van der Waals surface area contributed by atoms with Crippen molar-refractivity contribution in [2.75, 3.05) is 31.7 Å². The van der Waals surface area contributed by atoms with E-state index < -0.39 is 0 Å². The summed E-state index contributed by atoms with van der Waals surface area (Å²) in [5.41, 5.74) is 2.05. The van der Waals surface area contributed by atoms with Gasteiger partial charge in [0.1, 0.15) is 0 Å². The van der Waals surface area contributed by atoms with Crippen LogP contribution in [0.2, 0.25) is 0 Å². The predicted octanol–water partition coefficient (Wildman–Crippen LogP) is 2.41. The number of anilines is 1. The van der Waals surface area contributed by atoms with Gasteiger partial charge in [-0.2, -0.15) is 0 Å². The number of benzene rings is 1. The van der Waals surface area contributed by atoms with Crippen molar-refractivity contribution in [3.63, 3.8) is 0 Å². The Kier molecular flexibility index (Phi) is 5.80. The van der Waals surface area contributed by atoms with Gasteiger partial charge in [-0.1, -0.05) is 22.0 Å². The van der Waals surface area contributed by atoms with Gasteiger partial charge in [-0.05, 0) is 24.6 Å². The van der Waals surface area contributed by atoms with Crippen molar-refractivity contribution < 1.29 is 9.84 Å². The minimum Gasteiger partial charge on any atom is -0.392 e. The zero-order valence-electron chi connectivity index (χ0n) is 9.74. The Hall–Kier alpha value is -0.580. The largest absolute Gasteiger partial charge is 0.392 e. The summed E-state index contributed by atoms with van der Waals surface area (Å²) in [5, 5.41) is 9.08. The molecule has 0 amide bonds. The normalized spacial score (nSPS) is 10.5. The van der Waals surface area contributed by atoms with E-state index in [1.165, 1.54) is 0 Å². The summed E-state index contributed by atoms with van der Waals surface area (Å²) in [6, 6.07) is 6.00. The zero-order valence-corrected chi connectivity index (χ0v) is 11.3. The highest BCUT2D eigenvalue weighted by Crippen LogP contribution is 2.24. The molecule has 90 valence electrons. The third kappa shape index (κ3) is 3.47. The maximum Gasteiger partial charge on any atom is 0.0692 e. The van der Waals surface area contributed by atoms with Crippen LogP contribution in [0.4, 0.5) is 5.69 Å². The van der Waals surface area contributed by atoms with E-state index in [9.17, 15) is 0 Å². The van der Waals surface area contributed by atoms with Crippen LogP contribution in [0.25, 0.3) is 0 Å². The summed E-state index contributed by atoms with van der Waals surface area (Å²) in [6.07, 6.45) is 0. The average Bonchev–Trinajstić information content (AvgIpc) is 2.30. The molecule has 1 N–H and O–H groups in total. The molecule has 4 heteroatoms. The van der Waals surface area contributed by atoms with Crippen molar-refractivity contribution in [2.24, 2.45) is 0 Å². The summed E-state index contributed by atoms with van der Waals surface area (Å²) < 4.78 is 6.02. The van der Waals surface area contributed by atoms with Gasteiger partial charge in [0.2, 0.25) is 0 Å². The number of hydrogen-bond donors (Lipinski definition) is 1. The monoisotopic (exact) mass is 287 g/mol. The molecule has 3 nitrogen and oxygen atoms in total. The Morgan fingerprint density at radius 3 is 2.69 bits per heavy atom. The lowest BCUT2D eigenvalue weighted by Crippen LogP contribution is -2.26. The van der Waals surface area contributed by atoms with Gasteiger partial charge in [-0.25, -0.2) is 0 Å². The Labute approximate surface area is 105 Å². The second kappa shape index (κ2) is 6.89. The van der Waals surface area contributed by atoms with E-state index in [4.69, 9.17) is 9.84 Å². The Morgan fingerprint density at radius 1 is 1.44 bits per heavy atom. The Bertz CT molecular complexity index is 331. The van der Waals surface area contributed by atoms with E-state index in [1.807, 2.05) is 18.2 Å². The van der Waals surface area contributed by atoms with E-state index in [1.54, 1.807) is 7.11 Å². The first-order chi connectivity index (χ1) is 7.72. The molecule has 0 aromatic heterocycles. The number of nitrogens with zero attached hydrogens (tertiary/aromatic N) is 1. The van der Waals surface area contributed by atoms with Crippen molar-refractivity contribution in [1.29, 1.82) is 0 Å². The van der Waals surface area contributed by atoms with Gasteiger partial charge in [-0.3, -0.25) is 0 Å².